The van der Waals surface area contributed by atoms with Gasteiger partial charge in [-0.05, 0) is 49.8 Å². The zero-order chi connectivity index (χ0) is 14.8. The van der Waals surface area contributed by atoms with Crippen molar-refractivity contribution in [3.63, 3.8) is 0 Å². The fourth-order valence-electron chi connectivity index (χ4n) is 3.76. The highest BCUT2D eigenvalue weighted by atomic mass is 16.5. The zero-order valence-corrected chi connectivity index (χ0v) is 12.6. The molecule has 4 nitrogen and oxygen atoms in total. The first-order valence-corrected chi connectivity index (χ1v) is 7.91. The summed E-state index contributed by atoms with van der Waals surface area (Å²) in [7, 11) is 1.65. The summed E-state index contributed by atoms with van der Waals surface area (Å²) in [6.45, 7) is 1.30. The lowest BCUT2D eigenvalue weighted by Gasteiger charge is -2.24. The Morgan fingerprint density at radius 1 is 1.38 bits per heavy atom. The fraction of sp³-hybridized carbons (Fsp3) is 0.588. The van der Waals surface area contributed by atoms with Crippen LogP contribution < -0.4 is 15.4 Å². The van der Waals surface area contributed by atoms with Gasteiger partial charge in [0.15, 0.2) is 0 Å². The van der Waals surface area contributed by atoms with Gasteiger partial charge in [-0.25, -0.2) is 0 Å². The van der Waals surface area contributed by atoms with Gasteiger partial charge < -0.3 is 15.4 Å². The van der Waals surface area contributed by atoms with Crippen molar-refractivity contribution in [3.05, 3.63) is 24.3 Å². The van der Waals surface area contributed by atoms with Crippen LogP contribution in [0.1, 0.15) is 25.7 Å². The highest BCUT2D eigenvalue weighted by Crippen LogP contribution is 2.58. The first-order valence-electron chi connectivity index (χ1n) is 7.91. The molecule has 1 aromatic carbocycles. The number of nitrogens with two attached hydrogens (primary N) is 1. The van der Waals surface area contributed by atoms with Gasteiger partial charge in [-0.3, -0.25) is 4.79 Å². The van der Waals surface area contributed by atoms with Crippen molar-refractivity contribution in [2.45, 2.75) is 25.7 Å². The summed E-state index contributed by atoms with van der Waals surface area (Å²) < 4.78 is 5.28. The molecule has 4 heteroatoms. The third-order valence-electron chi connectivity index (χ3n) is 4.91. The van der Waals surface area contributed by atoms with Crippen LogP contribution in [-0.4, -0.2) is 26.1 Å². The Labute approximate surface area is 126 Å². The number of hydrogen-bond donors (Lipinski definition) is 1. The lowest BCUT2D eigenvalue weighted by molar-refractivity contribution is -0.120. The molecule has 2 saturated carbocycles. The van der Waals surface area contributed by atoms with Crippen LogP contribution in [0.4, 0.5) is 5.69 Å². The topological polar surface area (TPSA) is 55.6 Å². The van der Waals surface area contributed by atoms with Crippen LogP contribution in [0, 0.1) is 17.8 Å². The van der Waals surface area contributed by atoms with Crippen molar-refractivity contribution in [2.75, 3.05) is 25.1 Å². The number of carbonyl (C=O) groups excluding carboxylic acids is 1. The highest BCUT2D eigenvalue weighted by molar-refractivity contribution is 5.97. The molecule has 2 aliphatic rings. The predicted molar refractivity (Wildman–Crippen MR) is 83.3 cm³/mol. The minimum Gasteiger partial charge on any atom is -0.497 e. The lowest BCUT2D eigenvalue weighted by atomic mass is 10.1. The second kappa shape index (κ2) is 6.06. The van der Waals surface area contributed by atoms with Crippen molar-refractivity contribution in [1.82, 2.24) is 0 Å². The molecular weight excluding hydrogens is 264 g/mol. The van der Waals surface area contributed by atoms with E-state index in [1.165, 1.54) is 19.3 Å². The summed E-state index contributed by atoms with van der Waals surface area (Å²) in [4.78, 5) is 14.8. The average Bonchev–Trinajstić information content (AvgIpc) is 3.00. The molecule has 0 heterocycles. The number of benzene rings is 1. The Hall–Kier alpha value is -1.55. The standard InChI is InChI=1S/C17H24N2O2/c1-21-13-6-2-5-12(11-13)19(10-4-9-18)17(20)16-14-7-3-8-15(14)16/h2,5-6,11,14-16H,3-4,7-10,18H2,1H3. The van der Waals surface area contributed by atoms with Gasteiger partial charge in [0.25, 0.3) is 0 Å². The number of rotatable bonds is 6. The maximum atomic E-state index is 12.9. The van der Waals surface area contributed by atoms with Crippen LogP contribution in [-0.2, 0) is 4.79 Å². The van der Waals surface area contributed by atoms with E-state index in [4.69, 9.17) is 10.5 Å². The number of anilines is 1. The summed E-state index contributed by atoms with van der Waals surface area (Å²) in [5.74, 6) is 2.61. The molecule has 2 fully saturated rings. The predicted octanol–water partition coefficient (Wildman–Crippen LogP) is 2.42. The molecule has 0 saturated heterocycles. The number of fused-ring (bicyclic) bond motifs is 1. The molecule has 1 amide bonds. The van der Waals surface area contributed by atoms with Gasteiger partial charge in [0.2, 0.25) is 5.91 Å². The number of hydrogen-bond acceptors (Lipinski definition) is 3. The second-order valence-corrected chi connectivity index (χ2v) is 6.12. The van der Waals surface area contributed by atoms with E-state index >= 15 is 0 Å². The quantitative estimate of drug-likeness (QED) is 0.874. The number of methoxy groups -OCH3 is 1. The Kier molecular flexibility index (Phi) is 4.15. The van der Waals surface area contributed by atoms with Gasteiger partial charge in [0, 0.05) is 24.2 Å². The van der Waals surface area contributed by atoms with Gasteiger partial charge in [-0.1, -0.05) is 12.5 Å². The summed E-state index contributed by atoms with van der Waals surface area (Å²) >= 11 is 0. The highest BCUT2D eigenvalue weighted by Gasteiger charge is 2.57. The zero-order valence-electron chi connectivity index (χ0n) is 12.6. The molecule has 0 aromatic heterocycles. The summed E-state index contributed by atoms with van der Waals surface area (Å²) in [6.07, 6.45) is 4.57. The molecule has 2 unspecified atom stereocenters. The van der Waals surface area contributed by atoms with E-state index in [2.05, 4.69) is 0 Å². The molecule has 2 aliphatic carbocycles. The van der Waals surface area contributed by atoms with Crippen molar-refractivity contribution in [1.29, 1.82) is 0 Å². The molecule has 3 rings (SSSR count). The van der Waals surface area contributed by atoms with E-state index in [9.17, 15) is 4.79 Å². The minimum absolute atomic E-state index is 0.253. The third-order valence-corrected chi connectivity index (χ3v) is 4.91. The molecular formula is C17H24N2O2. The van der Waals surface area contributed by atoms with Gasteiger partial charge in [0.1, 0.15) is 5.75 Å². The fourth-order valence-corrected chi connectivity index (χ4v) is 3.76. The van der Waals surface area contributed by atoms with E-state index in [-0.39, 0.29) is 11.8 Å². The molecule has 2 N–H and O–H groups in total. The molecule has 0 spiro atoms. The van der Waals surface area contributed by atoms with Crippen LogP contribution in [0.25, 0.3) is 0 Å². The minimum atomic E-state index is 0.253. The maximum Gasteiger partial charge on any atom is 0.230 e. The Balaban J connectivity index is 1.78. The van der Waals surface area contributed by atoms with Crippen LogP contribution in [0.5, 0.6) is 5.75 Å². The normalized spacial score (nSPS) is 26.3. The first kappa shape index (κ1) is 14.4. The van der Waals surface area contributed by atoms with Crippen LogP contribution >= 0.6 is 0 Å². The van der Waals surface area contributed by atoms with E-state index < -0.39 is 0 Å². The first-order chi connectivity index (χ1) is 10.3. The van der Waals surface area contributed by atoms with Crippen LogP contribution in [0.3, 0.4) is 0 Å². The Morgan fingerprint density at radius 2 is 2.14 bits per heavy atom. The number of nitrogens with zero attached hydrogens (tertiary/aromatic N) is 1. The van der Waals surface area contributed by atoms with Gasteiger partial charge in [-0.15, -0.1) is 0 Å². The molecule has 0 radical (unpaired) electrons. The van der Waals surface area contributed by atoms with Gasteiger partial charge >= 0.3 is 0 Å². The smallest absolute Gasteiger partial charge is 0.230 e. The van der Waals surface area contributed by atoms with Gasteiger partial charge in [0.05, 0.1) is 7.11 Å². The van der Waals surface area contributed by atoms with Crippen LogP contribution in [0.2, 0.25) is 0 Å². The van der Waals surface area contributed by atoms with Crippen molar-refractivity contribution in [3.8, 4) is 5.75 Å². The summed E-state index contributed by atoms with van der Waals surface area (Å²) in [5.41, 5.74) is 6.56. The van der Waals surface area contributed by atoms with E-state index in [0.29, 0.717) is 24.9 Å². The maximum absolute atomic E-state index is 12.9. The largest absolute Gasteiger partial charge is 0.497 e. The molecule has 114 valence electrons. The third kappa shape index (κ3) is 2.77. The summed E-state index contributed by atoms with van der Waals surface area (Å²) in [6, 6.07) is 7.76. The second-order valence-electron chi connectivity index (χ2n) is 6.12. The van der Waals surface area contributed by atoms with E-state index in [1.807, 2.05) is 29.2 Å². The van der Waals surface area contributed by atoms with Crippen molar-refractivity contribution < 1.29 is 9.53 Å². The average molecular weight is 288 g/mol. The Morgan fingerprint density at radius 3 is 2.81 bits per heavy atom. The number of carbonyl (C=O) groups is 1. The monoisotopic (exact) mass is 288 g/mol. The van der Waals surface area contributed by atoms with E-state index in [1.54, 1.807) is 7.11 Å². The number of ether oxygens (including phenoxy) is 1. The van der Waals surface area contributed by atoms with Crippen LogP contribution in [0.15, 0.2) is 24.3 Å². The van der Waals surface area contributed by atoms with Crippen molar-refractivity contribution >= 4 is 11.6 Å². The lowest BCUT2D eigenvalue weighted by Crippen LogP contribution is -2.35. The number of amides is 1. The van der Waals surface area contributed by atoms with Gasteiger partial charge in [-0.2, -0.15) is 0 Å². The van der Waals surface area contributed by atoms with E-state index in [0.717, 1.165) is 17.9 Å². The molecule has 2 atom stereocenters. The molecule has 1 aromatic rings. The SMILES string of the molecule is COc1cccc(N(CCCN)C(=O)C2C3CCCC32)c1. The molecule has 0 aliphatic heterocycles. The van der Waals surface area contributed by atoms with Crippen molar-refractivity contribution in [2.24, 2.45) is 23.5 Å². The molecule has 0 bridgehead atoms. The molecule has 21 heavy (non-hydrogen) atoms. The Bertz CT molecular complexity index is 507. The summed E-state index contributed by atoms with van der Waals surface area (Å²) in [5, 5.41) is 0.